The molecule has 2 amide bonds. The molecule has 4 atom stereocenters. The number of nitrogens with one attached hydrogen (secondary N) is 2. The lowest BCUT2D eigenvalue weighted by atomic mass is 9.97. The first kappa shape index (κ1) is 32.4. The van der Waals surface area contributed by atoms with Crippen LogP contribution >= 0.6 is 7.80 Å². The predicted molar refractivity (Wildman–Crippen MR) is 160 cm³/mol. The highest BCUT2D eigenvalue weighted by Gasteiger charge is 2.51. The van der Waals surface area contributed by atoms with Crippen molar-refractivity contribution >= 4 is 25.8 Å². The van der Waals surface area contributed by atoms with Gasteiger partial charge >= 0.3 is 25.3 Å². The molecule has 222 valence electrons. The highest BCUT2D eigenvalue weighted by molar-refractivity contribution is 7.46. The molecule has 0 saturated carbocycles. The van der Waals surface area contributed by atoms with Crippen molar-refractivity contribution in [3.05, 3.63) is 108 Å². The maximum absolute atomic E-state index is 13.8. The van der Waals surface area contributed by atoms with E-state index >= 15 is 0 Å². The lowest BCUT2D eigenvalue weighted by molar-refractivity contribution is -0.142. The van der Waals surface area contributed by atoms with Gasteiger partial charge in [-0.05, 0) is 29.0 Å². The van der Waals surface area contributed by atoms with Gasteiger partial charge in [-0.15, -0.1) is 0 Å². The maximum Gasteiger partial charge on any atom is 0.413 e. The van der Waals surface area contributed by atoms with Crippen LogP contribution in [0.15, 0.2) is 91.0 Å². The summed E-state index contributed by atoms with van der Waals surface area (Å²) >= 11 is 0. The second-order valence-corrected chi connectivity index (χ2v) is 12.5. The smallest absolute Gasteiger partial charge is 0.413 e. The number of alkyl carbamates (subject to hydrolysis) is 1. The molecule has 9 nitrogen and oxygen atoms in total. The average Bonchev–Trinajstić information content (AvgIpc) is 2.96. The van der Waals surface area contributed by atoms with Gasteiger partial charge in [-0.1, -0.05) is 109 Å². The molecule has 42 heavy (non-hydrogen) atoms. The van der Waals surface area contributed by atoms with Crippen LogP contribution < -0.4 is 10.6 Å². The monoisotopic (exact) mass is 593 g/mol. The van der Waals surface area contributed by atoms with Crippen LogP contribution in [-0.4, -0.2) is 45.9 Å². The van der Waals surface area contributed by atoms with Crippen LogP contribution in [0.4, 0.5) is 4.79 Å². The summed E-state index contributed by atoms with van der Waals surface area (Å²) in [6.45, 7) is 3.73. The first-order valence-electron chi connectivity index (χ1n) is 13.8. The molecule has 0 aliphatic heterocycles. The Morgan fingerprint density at radius 1 is 0.857 bits per heavy atom. The number of hydrogen-bond acceptors (Lipinski definition) is 6. The fourth-order valence-corrected chi connectivity index (χ4v) is 6.11. The van der Waals surface area contributed by atoms with Crippen LogP contribution in [0, 0.1) is 11.8 Å². The summed E-state index contributed by atoms with van der Waals surface area (Å²) in [5.41, 5.74) is -0.130. The minimum atomic E-state index is -2.65. The molecule has 0 aliphatic rings. The molecule has 0 aliphatic carbocycles. The van der Waals surface area contributed by atoms with Gasteiger partial charge in [0.25, 0.3) is 0 Å². The highest BCUT2D eigenvalue weighted by Crippen LogP contribution is 2.40. The number of benzene rings is 3. The van der Waals surface area contributed by atoms with E-state index < -0.39 is 43.2 Å². The number of ether oxygens (including phenoxy) is 1. The van der Waals surface area contributed by atoms with Crippen LogP contribution in [0.3, 0.4) is 0 Å². The number of aliphatic hydroxyl groups is 1. The normalized spacial score (nSPS) is 14.2. The molecule has 3 aromatic carbocycles. The van der Waals surface area contributed by atoms with Crippen LogP contribution in [-0.2, 0) is 38.3 Å². The molecule has 3 unspecified atom stereocenters. The number of rotatable bonds is 15. The van der Waals surface area contributed by atoms with Crippen LogP contribution in [0.5, 0.6) is 0 Å². The molecule has 3 rings (SSSR count). The van der Waals surface area contributed by atoms with Gasteiger partial charge in [0, 0.05) is 6.42 Å². The third kappa shape index (κ3) is 10.4. The minimum Gasteiger partial charge on any atom is -0.480 e. The van der Waals surface area contributed by atoms with E-state index in [9.17, 15) is 29.2 Å². The van der Waals surface area contributed by atoms with Gasteiger partial charge in [-0.3, -0.25) is 10.1 Å². The SMILES string of the molecule is CC(C)CC(C[P+](=O)C(O)(Cc1ccccc1)NC(=O)OCc1ccccc1)C(=O)N[C@@H](Cc1ccccc1)C(=O)O. The zero-order chi connectivity index (χ0) is 30.5. The van der Waals surface area contributed by atoms with E-state index in [4.69, 9.17) is 4.74 Å². The molecular formula is C32H38N2O7P+. The lowest BCUT2D eigenvalue weighted by Gasteiger charge is -2.23. The molecule has 0 bridgehead atoms. The van der Waals surface area contributed by atoms with Crippen molar-refractivity contribution in [3.8, 4) is 0 Å². The second kappa shape index (κ2) is 15.8. The number of carboxylic acids is 1. The van der Waals surface area contributed by atoms with E-state index in [0.717, 1.165) is 11.1 Å². The molecule has 3 aromatic rings. The van der Waals surface area contributed by atoms with E-state index in [2.05, 4.69) is 10.6 Å². The number of hydrogen-bond donors (Lipinski definition) is 4. The minimum absolute atomic E-state index is 0.00700. The van der Waals surface area contributed by atoms with Crippen molar-refractivity contribution in [2.24, 2.45) is 11.8 Å². The van der Waals surface area contributed by atoms with Crippen molar-refractivity contribution < 1.29 is 33.9 Å². The van der Waals surface area contributed by atoms with Gasteiger partial charge in [-0.25, -0.2) is 9.59 Å². The molecule has 4 N–H and O–H groups in total. The Kier molecular flexibility index (Phi) is 12.2. The van der Waals surface area contributed by atoms with Gasteiger partial charge in [0.05, 0.1) is 12.3 Å². The van der Waals surface area contributed by atoms with Gasteiger partial charge in [-0.2, -0.15) is 0 Å². The van der Waals surface area contributed by atoms with Gasteiger partial charge in [0.1, 0.15) is 12.6 Å². The van der Waals surface area contributed by atoms with Crippen LogP contribution in [0.1, 0.15) is 37.0 Å². The zero-order valence-corrected chi connectivity index (χ0v) is 24.7. The van der Waals surface area contributed by atoms with Crippen LogP contribution in [0.2, 0.25) is 0 Å². The summed E-state index contributed by atoms with van der Waals surface area (Å²) in [6, 6.07) is 25.5. The number of carbonyl (C=O) groups excluding carboxylic acids is 2. The zero-order valence-electron chi connectivity index (χ0n) is 23.8. The standard InChI is InChI=1S/C32H37N2O7P/c1-23(2)18-27(29(35)33-28(30(36)37)19-24-12-6-3-7-13-24)22-42(40)32(39,20-25-14-8-4-9-15-25)34-31(38)41-21-26-16-10-5-11-17-26/h3-17,23,27-28,39H,18-22H2,1-2H3,(H2-,33,34,35,36,37,38)/p+1/t27?,28-,32?/m0/s1. The summed E-state index contributed by atoms with van der Waals surface area (Å²) in [5.74, 6) is -2.64. The van der Waals surface area contributed by atoms with E-state index in [1.807, 2.05) is 26.0 Å². The number of carboxylic acid groups (broad SMARTS) is 1. The van der Waals surface area contributed by atoms with Crippen molar-refractivity contribution in [3.63, 3.8) is 0 Å². The Morgan fingerprint density at radius 2 is 1.38 bits per heavy atom. The second-order valence-electron chi connectivity index (χ2n) is 10.6. The Morgan fingerprint density at radius 3 is 1.90 bits per heavy atom. The quantitative estimate of drug-likeness (QED) is 0.142. The average molecular weight is 594 g/mol. The molecule has 0 spiro atoms. The van der Waals surface area contributed by atoms with E-state index in [1.165, 1.54) is 0 Å². The molecular weight excluding hydrogens is 555 g/mol. The summed E-state index contributed by atoms with van der Waals surface area (Å²) in [7, 11) is -2.65. The Balaban J connectivity index is 1.78. The summed E-state index contributed by atoms with van der Waals surface area (Å²) in [4.78, 5) is 38.1. The number of amides is 2. The molecule has 0 heterocycles. The fourth-order valence-electron chi connectivity index (χ4n) is 4.52. The predicted octanol–water partition coefficient (Wildman–Crippen LogP) is 5.10. The summed E-state index contributed by atoms with van der Waals surface area (Å²) < 4.78 is 19.1. The largest absolute Gasteiger partial charge is 0.480 e. The van der Waals surface area contributed by atoms with E-state index in [-0.39, 0.29) is 31.5 Å². The summed E-state index contributed by atoms with van der Waals surface area (Å²) in [5, 5.41) is 26.4. The fraction of sp³-hybridized carbons (Fsp3) is 0.344. The molecule has 0 fully saturated rings. The highest BCUT2D eigenvalue weighted by atomic mass is 31.1. The van der Waals surface area contributed by atoms with Crippen molar-refractivity contribution in [2.45, 2.75) is 51.2 Å². The Labute approximate surface area is 247 Å². The molecule has 0 saturated heterocycles. The molecule has 10 heteroatoms. The van der Waals surface area contributed by atoms with Crippen molar-refractivity contribution in [1.82, 2.24) is 10.6 Å². The number of aliphatic carboxylic acids is 1. The Bertz CT molecular complexity index is 1320. The number of carbonyl (C=O) groups is 3. The maximum atomic E-state index is 13.8. The first-order valence-corrected chi connectivity index (χ1v) is 15.3. The third-order valence-corrected chi connectivity index (χ3v) is 8.50. The Hall–Kier alpha value is -4.07. The summed E-state index contributed by atoms with van der Waals surface area (Å²) in [6.07, 6.45) is -1.05. The third-order valence-electron chi connectivity index (χ3n) is 6.63. The van der Waals surface area contributed by atoms with Crippen molar-refractivity contribution in [1.29, 1.82) is 0 Å². The van der Waals surface area contributed by atoms with E-state index in [0.29, 0.717) is 12.0 Å². The molecule has 0 aromatic heterocycles. The van der Waals surface area contributed by atoms with Gasteiger partial charge < -0.3 is 20.3 Å². The van der Waals surface area contributed by atoms with Crippen LogP contribution in [0.25, 0.3) is 0 Å². The first-order chi connectivity index (χ1) is 20.1. The van der Waals surface area contributed by atoms with Crippen molar-refractivity contribution in [2.75, 3.05) is 6.16 Å². The topological polar surface area (TPSA) is 142 Å². The van der Waals surface area contributed by atoms with Gasteiger partial charge in [0.15, 0.2) is 6.16 Å². The lowest BCUT2D eigenvalue weighted by Crippen LogP contribution is -2.49. The molecule has 0 radical (unpaired) electrons. The van der Waals surface area contributed by atoms with E-state index in [1.54, 1.807) is 78.9 Å². The van der Waals surface area contributed by atoms with Gasteiger partial charge in [0.2, 0.25) is 5.91 Å².